The minimum absolute atomic E-state index is 0.114. The molecule has 4 rings (SSSR count). The number of rotatable bonds is 8. The van der Waals surface area contributed by atoms with Crippen LogP contribution in [-0.4, -0.2) is 55.4 Å². The molecule has 3 aromatic rings. The number of carbonyl (C=O) groups excluding carboxylic acids is 1. The lowest BCUT2D eigenvalue weighted by Gasteiger charge is -2.47. The largest absolute Gasteiger partial charge is 0.447 e. The molecule has 0 saturated carbocycles. The Morgan fingerprint density at radius 3 is 1.95 bits per heavy atom. The maximum atomic E-state index is 13.7. The summed E-state index contributed by atoms with van der Waals surface area (Å²) in [6.45, 7) is 7.02. The summed E-state index contributed by atoms with van der Waals surface area (Å²) in [5.41, 5.74) is -1.64. The molecule has 2 aromatic heterocycles. The van der Waals surface area contributed by atoms with E-state index in [-0.39, 0.29) is 42.3 Å². The van der Waals surface area contributed by atoms with E-state index in [0.29, 0.717) is 36.8 Å². The van der Waals surface area contributed by atoms with E-state index in [9.17, 15) is 31.1 Å². The van der Waals surface area contributed by atoms with Gasteiger partial charge in [-0.15, -0.1) is 0 Å². The fourth-order valence-electron chi connectivity index (χ4n) is 5.49. The standard InChI is InChI=1S/C29H34F6N6O2/c1-5-23-10-25(11-24(6-2)41(23)27(42)43-17(3)4)40(26-36-12-19(13-37-26)20-14-38-39-15-20)16-18-7-21(28(30,31)32)9-22(8-18)29(33,34)35/h7-9,12-15,17,23-25H,5-6,10-11,16H2,1-4H3,(H,38,39)/t23-,24+,25+. The van der Waals surface area contributed by atoms with Gasteiger partial charge in [0.15, 0.2) is 0 Å². The third-order valence-corrected chi connectivity index (χ3v) is 7.53. The second-order valence-electron chi connectivity index (χ2n) is 10.9. The van der Waals surface area contributed by atoms with Gasteiger partial charge in [-0.05, 0) is 63.3 Å². The minimum atomic E-state index is -4.98. The molecule has 1 saturated heterocycles. The zero-order chi connectivity index (χ0) is 31.5. The summed E-state index contributed by atoms with van der Waals surface area (Å²) in [5, 5.41) is 6.59. The monoisotopic (exact) mass is 612 g/mol. The van der Waals surface area contributed by atoms with Gasteiger partial charge in [0.25, 0.3) is 0 Å². The first-order valence-corrected chi connectivity index (χ1v) is 14.1. The fraction of sp³-hybridized carbons (Fsp3) is 0.517. The highest BCUT2D eigenvalue weighted by Gasteiger charge is 2.42. The lowest BCUT2D eigenvalue weighted by Crippen LogP contribution is -2.57. The molecular formula is C29H34F6N6O2. The first-order valence-electron chi connectivity index (χ1n) is 14.1. The molecule has 0 bridgehead atoms. The molecule has 0 spiro atoms. The van der Waals surface area contributed by atoms with E-state index in [2.05, 4.69) is 20.2 Å². The number of aromatic nitrogens is 4. The molecule has 1 fully saturated rings. The molecule has 0 radical (unpaired) electrons. The highest BCUT2D eigenvalue weighted by Crippen LogP contribution is 2.38. The number of hydrogen-bond acceptors (Lipinski definition) is 6. The van der Waals surface area contributed by atoms with Gasteiger partial charge in [0, 0.05) is 54.4 Å². The fourth-order valence-corrected chi connectivity index (χ4v) is 5.49. The predicted molar refractivity (Wildman–Crippen MR) is 147 cm³/mol. The lowest BCUT2D eigenvalue weighted by atomic mass is 9.87. The average molecular weight is 613 g/mol. The Labute approximate surface area is 245 Å². The van der Waals surface area contributed by atoms with E-state index < -0.39 is 35.6 Å². The Morgan fingerprint density at radius 1 is 0.953 bits per heavy atom. The zero-order valence-electron chi connectivity index (χ0n) is 24.2. The average Bonchev–Trinajstić information content (AvgIpc) is 3.49. The number of halogens is 6. The van der Waals surface area contributed by atoms with Crippen molar-refractivity contribution in [1.29, 1.82) is 0 Å². The van der Waals surface area contributed by atoms with Crippen molar-refractivity contribution in [3.05, 3.63) is 59.7 Å². The van der Waals surface area contributed by atoms with Crippen molar-refractivity contribution in [2.45, 2.75) is 96.5 Å². The van der Waals surface area contributed by atoms with Gasteiger partial charge in [-0.3, -0.25) is 5.10 Å². The summed E-state index contributed by atoms with van der Waals surface area (Å²) >= 11 is 0. The number of amides is 1. The van der Waals surface area contributed by atoms with Crippen LogP contribution < -0.4 is 4.90 Å². The SMILES string of the molecule is CC[C@@H]1C[C@H](N(Cc2cc(C(F)(F)F)cc(C(F)(F)F)c2)c2ncc(-c3cn[nH]c3)cn2)C[C@H](CC)N1C(=O)OC(C)C. The number of ether oxygens (including phenoxy) is 1. The van der Waals surface area contributed by atoms with Crippen molar-refractivity contribution in [2.24, 2.45) is 0 Å². The smallest absolute Gasteiger partial charge is 0.416 e. The third kappa shape index (κ3) is 7.57. The number of aromatic amines is 1. The number of anilines is 1. The number of carbonyl (C=O) groups is 1. The Hall–Kier alpha value is -3.84. The second-order valence-corrected chi connectivity index (χ2v) is 10.9. The highest BCUT2D eigenvalue weighted by molar-refractivity contribution is 5.69. The second kappa shape index (κ2) is 12.8. The molecule has 3 atom stereocenters. The molecule has 234 valence electrons. The minimum Gasteiger partial charge on any atom is -0.447 e. The van der Waals surface area contributed by atoms with Gasteiger partial charge >= 0.3 is 18.4 Å². The molecule has 1 amide bonds. The summed E-state index contributed by atoms with van der Waals surface area (Å²) in [4.78, 5) is 25.3. The quantitative estimate of drug-likeness (QED) is 0.266. The molecule has 0 unspecified atom stereocenters. The van der Waals surface area contributed by atoms with Gasteiger partial charge in [-0.25, -0.2) is 14.8 Å². The Balaban J connectivity index is 1.76. The first kappa shape index (κ1) is 32.1. The van der Waals surface area contributed by atoms with Crippen molar-refractivity contribution in [3.8, 4) is 11.1 Å². The van der Waals surface area contributed by atoms with Crippen LogP contribution in [-0.2, 0) is 23.6 Å². The molecule has 1 N–H and O–H groups in total. The van der Waals surface area contributed by atoms with E-state index in [4.69, 9.17) is 4.74 Å². The molecule has 0 aliphatic carbocycles. The maximum Gasteiger partial charge on any atom is 0.416 e. The molecule has 43 heavy (non-hydrogen) atoms. The lowest BCUT2D eigenvalue weighted by molar-refractivity contribution is -0.143. The van der Waals surface area contributed by atoms with Gasteiger partial charge < -0.3 is 14.5 Å². The number of likely N-dealkylation sites (tertiary alicyclic amines) is 1. The van der Waals surface area contributed by atoms with Crippen molar-refractivity contribution < 1.29 is 35.9 Å². The van der Waals surface area contributed by atoms with E-state index in [1.165, 1.54) is 12.4 Å². The molecule has 3 heterocycles. The van der Waals surface area contributed by atoms with Gasteiger partial charge in [0.1, 0.15) is 0 Å². The maximum absolute atomic E-state index is 13.7. The van der Waals surface area contributed by atoms with E-state index in [1.807, 2.05) is 13.8 Å². The number of H-pyrrole nitrogens is 1. The summed E-state index contributed by atoms with van der Waals surface area (Å²) in [6.07, 6.45) is -2.58. The van der Waals surface area contributed by atoms with Crippen LogP contribution in [0.15, 0.2) is 43.0 Å². The van der Waals surface area contributed by atoms with Gasteiger partial charge in [0.2, 0.25) is 5.95 Å². The van der Waals surface area contributed by atoms with Gasteiger partial charge in [0.05, 0.1) is 23.4 Å². The Bertz CT molecular complexity index is 1320. The van der Waals surface area contributed by atoms with Crippen molar-refractivity contribution >= 4 is 12.0 Å². The van der Waals surface area contributed by atoms with Crippen LogP contribution in [0.5, 0.6) is 0 Å². The number of nitrogens with one attached hydrogen (secondary N) is 1. The van der Waals surface area contributed by atoms with Crippen LogP contribution in [0.2, 0.25) is 0 Å². The van der Waals surface area contributed by atoms with E-state index in [1.54, 1.807) is 36.0 Å². The van der Waals surface area contributed by atoms with Gasteiger partial charge in [-0.2, -0.15) is 31.4 Å². The number of alkyl halides is 6. The van der Waals surface area contributed by atoms with Gasteiger partial charge in [-0.1, -0.05) is 13.8 Å². The molecule has 8 nitrogen and oxygen atoms in total. The van der Waals surface area contributed by atoms with Crippen LogP contribution in [0.4, 0.5) is 37.1 Å². The van der Waals surface area contributed by atoms with Crippen LogP contribution in [0, 0.1) is 0 Å². The third-order valence-electron chi connectivity index (χ3n) is 7.53. The molecule has 1 aliphatic rings. The van der Waals surface area contributed by atoms with Crippen LogP contribution in [0.3, 0.4) is 0 Å². The normalized spacial score (nSPS) is 19.5. The van der Waals surface area contributed by atoms with Crippen molar-refractivity contribution in [3.63, 3.8) is 0 Å². The molecule has 14 heteroatoms. The highest BCUT2D eigenvalue weighted by atomic mass is 19.4. The first-order chi connectivity index (χ1) is 20.2. The number of benzene rings is 1. The van der Waals surface area contributed by atoms with Crippen molar-refractivity contribution in [1.82, 2.24) is 25.1 Å². The van der Waals surface area contributed by atoms with E-state index >= 15 is 0 Å². The number of piperidine rings is 1. The topological polar surface area (TPSA) is 87.2 Å². The number of nitrogens with zero attached hydrogens (tertiary/aromatic N) is 5. The zero-order valence-corrected chi connectivity index (χ0v) is 24.2. The van der Waals surface area contributed by atoms with Crippen molar-refractivity contribution in [2.75, 3.05) is 4.90 Å². The molecule has 1 aliphatic heterocycles. The van der Waals surface area contributed by atoms with Crippen LogP contribution in [0.25, 0.3) is 11.1 Å². The molecular weight excluding hydrogens is 578 g/mol. The predicted octanol–water partition coefficient (Wildman–Crippen LogP) is 7.48. The Kier molecular flexibility index (Phi) is 9.55. The Morgan fingerprint density at radius 2 is 1.51 bits per heavy atom. The van der Waals surface area contributed by atoms with E-state index in [0.717, 1.165) is 12.1 Å². The summed E-state index contributed by atoms with van der Waals surface area (Å²) in [7, 11) is 0. The summed E-state index contributed by atoms with van der Waals surface area (Å²) < 4.78 is 87.5. The number of hydrogen-bond donors (Lipinski definition) is 1. The summed E-state index contributed by atoms with van der Waals surface area (Å²) in [5.74, 6) is 0.145. The molecule has 1 aromatic carbocycles. The summed E-state index contributed by atoms with van der Waals surface area (Å²) in [6, 6.07) is 0.604. The van der Waals surface area contributed by atoms with Crippen LogP contribution in [0.1, 0.15) is 70.1 Å². The van der Waals surface area contributed by atoms with Crippen LogP contribution >= 0.6 is 0 Å².